The number of aliphatic carboxylic acids is 1. The molecule has 0 bridgehead atoms. The van der Waals surface area contributed by atoms with E-state index in [0.29, 0.717) is 12.0 Å². The van der Waals surface area contributed by atoms with Crippen LogP contribution in [0.4, 0.5) is 8.78 Å². The number of carbonyl (C=O) groups is 1. The summed E-state index contributed by atoms with van der Waals surface area (Å²) in [6, 6.07) is 2.21. The quantitative estimate of drug-likeness (QED) is 0.836. The van der Waals surface area contributed by atoms with Crippen LogP contribution in [-0.4, -0.2) is 11.1 Å². The molecule has 1 aromatic carbocycles. The number of carboxylic acids is 1. The summed E-state index contributed by atoms with van der Waals surface area (Å²) in [5.41, 5.74) is 0.674. The molecule has 0 atom stereocenters. The van der Waals surface area contributed by atoms with Crippen molar-refractivity contribution in [3.05, 3.63) is 34.9 Å². The number of benzene rings is 1. The van der Waals surface area contributed by atoms with Crippen LogP contribution in [0.25, 0.3) is 0 Å². The summed E-state index contributed by atoms with van der Waals surface area (Å²) in [7, 11) is 0. The van der Waals surface area contributed by atoms with Crippen LogP contribution in [0.1, 0.15) is 24.5 Å². The molecule has 1 N–H and O–H groups in total. The molecular formula is C11H12F2O2. The summed E-state index contributed by atoms with van der Waals surface area (Å²) in [6.45, 7) is 1.76. The maximum absolute atomic E-state index is 13.2. The Balaban J connectivity index is 2.92. The SMILES string of the molecule is CCc1cc(CCC(=O)O)c(F)cc1F. The lowest BCUT2D eigenvalue weighted by Gasteiger charge is -2.05. The summed E-state index contributed by atoms with van der Waals surface area (Å²) >= 11 is 0. The van der Waals surface area contributed by atoms with E-state index in [9.17, 15) is 13.6 Å². The molecule has 2 nitrogen and oxygen atoms in total. The summed E-state index contributed by atoms with van der Waals surface area (Å²) in [5, 5.41) is 8.45. The standard InChI is InChI=1S/C11H12F2O2/c1-2-7-5-8(3-4-11(14)15)10(13)6-9(7)12/h5-6H,2-4H2,1H3,(H,14,15). The summed E-state index contributed by atoms with van der Waals surface area (Å²) in [4.78, 5) is 10.3. The first-order valence-electron chi connectivity index (χ1n) is 4.73. The molecule has 0 heterocycles. The maximum atomic E-state index is 13.2. The first-order chi connectivity index (χ1) is 7.04. The van der Waals surface area contributed by atoms with Crippen molar-refractivity contribution in [2.75, 3.05) is 0 Å². The lowest BCUT2D eigenvalue weighted by molar-refractivity contribution is -0.136. The number of halogens is 2. The monoisotopic (exact) mass is 214 g/mol. The van der Waals surface area contributed by atoms with Crippen molar-refractivity contribution in [3.63, 3.8) is 0 Å². The Morgan fingerprint density at radius 1 is 1.27 bits per heavy atom. The van der Waals surface area contributed by atoms with E-state index in [-0.39, 0.29) is 18.4 Å². The average molecular weight is 214 g/mol. The maximum Gasteiger partial charge on any atom is 0.303 e. The fraction of sp³-hybridized carbons (Fsp3) is 0.364. The van der Waals surface area contributed by atoms with E-state index < -0.39 is 17.6 Å². The predicted octanol–water partition coefficient (Wildman–Crippen LogP) is 2.54. The zero-order valence-corrected chi connectivity index (χ0v) is 8.39. The van der Waals surface area contributed by atoms with Gasteiger partial charge in [0, 0.05) is 12.5 Å². The molecule has 0 aliphatic heterocycles. The molecule has 0 saturated heterocycles. The fourth-order valence-corrected chi connectivity index (χ4v) is 1.35. The van der Waals surface area contributed by atoms with Gasteiger partial charge in [-0.15, -0.1) is 0 Å². The second-order valence-electron chi connectivity index (χ2n) is 3.28. The molecule has 0 amide bonds. The largest absolute Gasteiger partial charge is 0.481 e. The van der Waals surface area contributed by atoms with Gasteiger partial charge in [-0.3, -0.25) is 4.79 Å². The normalized spacial score (nSPS) is 10.3. The van der Waals surface area contributed by atoms with Gasteiger partial charge in [0.05, 0.1) is 0 Å². The molecule has 0 aliphatic carbocycles. The molecule has 4 heteroatoms. The fourth-order valence-electron chi connectivity index (χ4n) is 1.35. The summed E-state index contributed by atoms with van der Waals surface area (Å²) in [6.07, 6.45) is 0.409. The van der Waals surface area contributed by atoms with Crippen LogP contribution in [0.5, 0.6) is 0 Å². The molecule has 0 fully saturated rings. The van der Waals surface area contributed by atoms with Crippen molar-refractivity contribution < 1.29 is 18.7 Å². The molecule has 0 radical (unpaired) electrons. The minimum atomic E-state index is -0.989. The topological polar surface area (TPSA) is 37.3 Å². The zero-order valence-electron chi connectivity index (χ0n) is 8.39. The average Bonchev–Trinajstić information content (AvgIpc) is 2.16. The lowest BCUT2D eigenvalue weighted by Crippen LogP contribution is -2.01. The predicted molar refractivity (Wildman–Crippen MR) is 51.7 cm³/mol. The molecular weight excluding hydrogens is 202 g/mol. The van der Waals surface area contributed by atoms with Gasteiger partial charge in [0.2, 0.25) is 0 Å². The van der Waals surface area contributed by atoms with E-state index in [2.05, 4.69) is 0 Å². The van der Waals surface area contributed by atoms with Crippen LogP contribution >= 0.6 is 0 Å². The lowest BCUT2D eigenvalue weighted by atomic mass is 10.0. The number of hydrogen-bond donors (Lipinski definition) is 1. The van der Waals surface area contributed by atoms with Gasteiger partial charge in [0.15, 0.2) is 0 Å². The van der Waals surface area contributed by atoms with Crippen molar-refractivity contribution >= 4 is 5.97 Å². The second kappa shape index (κ2) is 4.87. The highest BCUT2D eigenvalue weighted by molar-refractivity contribution is 5.67. The number of aryl methyl sites for hydroxylation is 2. The van der Waals surface area contributed by atoms with Crippen molar-refractivity contribution in [1.82, 2.24) is 0 Å². The van der Waals surface area contributed by atoms with Gasteiger partial charge < -0.3 is 5.11 Å². The van der Waals surface area contributed by atoms with Gasteiger partial charge in [-0.2, -0.15) is 0 Å². The van der Waals surface area contributed by atoms with Gasteiger partial charge in [-0.1, -0.05) is 6.92 Å². The Morgan fingerprint density at radius 3 is 2.40 bits per heavy atom. The summed E-state index contributed by atoms with van der Waals surface area (Å²) < 4.78 is 26.3. The van der Waals surface area contributed by atoms with Crippen LogP contribution < -0.4 is 0 Å². The van der Waals surface area contributed by atoms with Crippen molar-refractivity contribution in [2.24, 2.45) is 0 Å². The second-order valence-corrected chi connectivity index (χ2v) is 3.28. The highest BCUT2D eigenvalue weighted by Gasteiger charge is 2.09. The van der Waals surface area contributed by atoms with Crippen LogP contribution in [0, 0.1) is 11.6 Å². The minimum absolute atomic E-state index is 0.0917. The van der Waals surface area contributed by atoms with Crippen molar-refractivity contribution in [3.8, 4) is 0 Å². The van der Waals surface area contributed by atoms with Gasteiger partial charge >= 0.3 is 5.97 Å². The van der Waals surface area contributed by atoms with Gasteiger partial charge in [-0.05, 0) is 30.0 Å². The van der Waals surface area contributed by atoms with Crippen LogP contribution in [0.3, 0.4) is 0 Å². The van der Waals surface area contributed by atoms with Gasteiger partial charge in [0.25, 0.3) is 0 Å². The number of carboxylic acid groups (broad SMARTS) is 1. The Bertz CT molecular complexity index is 375. The van der Waals surface area contributed by atoms with Gasteiger partial charge in [-0.25, -0.2) is 8.78 Å². The van der Waals surface area contributed by atoms with Gasteiger partial charge in [0.1, 0.15) is 11.6 Å². The molecule has 1 rings (SSSR count). The van der Waals surface area contributed by atoms with E-state index in [1.165, 1.54) is 6.07 Å². The van der Waals surface area contributed by atoms with Crippen LogP contribution in [-0.2, 0) is 17.6 Å². The van der Waals surface area contributed by atoms with E-state index >= 15 is 0 Å². The van der Waals surface area contributed by atoms with E-state index in [1.54, 1.807) is 6.92 Å². The van der Waals surface area contributed by atoms with E-state index in [1.807, 2.05) is 0 Å². The number of hydrogen-bond acceptors (Lipinski definition) is 1. The Kier molecular flexibility index (Phi) is 3.77. The smallest absolute Gasteiger partial charge is 0.303 e. The Labute approximate surface area is 86.5 Å². The van der Waals surface area contributed by atoms with Crippen molar-refractivity contribution in [1.29, 1.82) is 0 Å². The minimum Gasteiger partial charge on any atom is -0.481 e. The molecule has 0 spiro atoms. The third-order valence-electron chi connectivity index (χ3n) is 2.20. The molecule has 0 aliphatic rings. The molecule has 0 aromatic heterocycles. The van der Waals surface area contributed by atoms with Crippen molar-refractivity contribution in [2.45, 2.75) is 26.2 Å². The molecule has 0 saturated carbocycles. The van der Waals surface area contributed by atoms with E-state index in [0.717, 1.165) is 6.07 Å². The highest BCUT2D eigenvalue weighted by Crippen LogP contribution is 2.16. The van der Waals surface area contributed by atoms with E-state index in [4.69, 9.17) is 5.11 Å². The van der Waals surface area contributed by atoms with Crippen LogP contribution in [0.15, 0.2) is 12.1 Å². The molecule has 0 unspecified atom stereocenters. The highest BCUT2D eigenvalue weighted by atomic mass is 19.1. The Morgan fingerprint density at radius 2 is 1.87 bits per heavy atom. The Hall–Kier alpha value is -1.45. The van der Waals surface area contributed by atoms with Crippen LogP contribution in [0.2, 0.25) is 0 Å². The third-order valence-corrected chi connectivity index (χ3v) is 2.20. The first kappa shape index (κ1) is 11.6. The third kappa shape index (κ3) is 3.01. The molecule has 82 valence electrons. The number of rotatable bonds is 4. The zero-order chi connectivity index (χ0) is 11.4. The summed E-state index contributed by atoms with van der Waals surface area (Å²) in [5.74, 6) is -2.24. The molecule has 15 heavy (non-hydrogen) atoms. The molecule has 1 aromatic rings. The first-order valence-corrected chi connectivity index (χ1v) is 4.73.